The van der Waals surface area contributed by atoms with Crippen molar-refractivity contribution in [2.24, 2.45) is 5.73 Å². The zero-order valence-electron chi connectivity index (χ0n) is 15.2. The number of nitrogens with zero attached hydrogens (tertiary/aromatic N) is 3. The molecule has 4 N–H and O–H groups in total. The maximum absolute atomic E-state index is 5.97. The number of hydrogen-bond donors (Lipinski definition) is 3. The maximum atomic E-state index is 5.97. The van der Waals surface area contributed by atoms with Crippen molar-refractivity contribution in [1.82, 2.24) is 15.0 Å². The van der Waals surface area contributed by atoms with Crippen molar-refractivity contribution in [3.63, 3.8) is 0 Å². The van der Waals surface area contributed by atoms with Crippen LogP contribution in [0.5, 0.6) is 0 Å². The Morgan fingerprint density at radius 2 is 1.67 bits per heavy atom. The lowest BCUT2D eigenvalue weighted by Crippen LogP contribution is -2.16. The van der Waals surface area contributed by atoms with Gasteiger partial charge >= 0.3 is 0 Å². The SMILES string of the molecule is NCCOCCOCCNc1nc(NC2CC2)nc(-c2ccc(Cl)cc2)n1. The molecule has 27 heavy (non-hydrogen) atoms. The summed E-state index contributed by atoms with van der Waals surface area (Å²) < 4.78 is 10.8. The Kier molecular flexibility index (Phi) is 7.58. The smallest absolute Gasteiger partial charge is 0.228 e. The van der Waals surface area contributed by atoms with Crippen LogP contribution in [0.4, 0.5) is 11.9 Å². The number of ether oxygens (including phenoxy) is 2. The molecule has 9 heteroatoms. The van der Waals surface area contributed by atoms with Gasteiger partial charge in [-0.2, -0.15) is 15.0 Å². The summed E-state index contributed by atoms with van der Waals surface area (Å²) >= 11 is 5.97. The highest BCUT2D eigenvalue weighted by Gasteiger charge is 2.22. The second-order valence-corrected chi connectivity index (χ2v) is 6.61. The van der Waals surface area contributed by atoms with Gasteiger partial charge in [-0.25, -0.2) is 0 Å². The molecule has 0 atom stereocenters. The van der Waals surface area contributed by atoms with E-state index in [9.17, 15) is 0 Å². The van der Waals surface area contributed by atoms with Crippen LogP contribution in [-0.4, -0.2) is 60.5 Å². The van der Waals surface area contributed by atoms with E-state index in [1.165, 1.54) is 0 Å². The number of anilines is 2. The topological polar surface area (TPSA) is 107 Å². The lowest BCUT2D eigenvalue weighted by Gasteiger charge is -2.10. The minimum absolute atomic E-state index is 0.454. The zero-order chi connectivity index (χ0) is 18.9. The Labute approximate surface area is 163 Å². The lowest BCUT2D eigenvalue weighted by atomic mass is 10.2. The molecule has 0 saturated heterocycles. The summed E-state index contributed by atoms with van der Waals surface area (Å²) in [6, 6.07) is 7.89. The largest absolute Gasteiger partial charge is 0.378 e. The van der Waals surface area contributed by atoms with Gasteiger partial charge in [0.05, 0.1) is 26.4 Å². The fraction of sp³-hybridized carbons (Fsp3) is 0.500. The summed E-state index contributed by atoms with van der Waals surface area (Å²) in [7, 11) is 0. The fourth-order valence-corrected chi connectivity index (χ4v) is 2.42. The molecule has 0 amide bonds. The van der Waals surface area contributed by atoms with Gasteiger partial charge < -0.3 is 25.8 Å². The van der Waals surface area contributed by atoms with E-state index in [1.807, 2.05) is 24.3 Å². The van der Waals surface area contributed by atoms with Crippen LogP contribution >= 0.6 is 11.6 Å². The average Bonchev–Trinajstić information content (AvgIpc) is 3.48. The van der Waals surface area contributed by atoms with E-state index >= 15 is 0 Å². The summed E-state index contributed by atoms with van der Waals surface area (Å²) in [5.74, 6) is 1.69. The standard InChI is InChI=1S/C18H25ClN6O2/c19-14-3-1-13(2-4-14)16-23-17(25-18(24-16)22-15-5-6-15)21-8-10-27-12-11-26-9-7-20/h1-4,15H,5-12,20H2,(H2,21,22,23,24,25). The van der Waals surface area contributed by atoms with Gasteiger partial charge in [-0.3, -0.25) is 0 Å². The number of hydrogen-bond acceptors (Lipinski definition) is 8. The van der Waals surface area contributed by atoms with Crippen molar-refractivity contribution in [3.05, 3.63) is 29.3 Å². The molecular weight excluding hydrogens is 368 g/mol. The van der Waals surface area contributed by atoms with Crippen molar-refractivity contribution in [2.75, 3.05) is 50.2 Å². The molecule has 1 aromatic heterocycles. The van der Waals surface area contributed by atoms with E-state index in [2.05, 4.69) is 25.6 Å². The highest BCUT2D eigenvalue weighted by molar-refractivity contribution is 6.30. The summed E-state index contributed by atoms with van der Waals surface area (Å²) in [5, 5.41) is 7.19. The van der Waals surface area contributed by atoms with Gasteiger partial charge in [-0.05, 0) is 37.1 Å². The van der Waals surface area contributed by atoms with E-state index in [1.54, 1.807) is 0 Å². The van der Waals surface area contributed by atoms with Gasteiger partial charge in [0.2, 0.25) is 11.9 Å². The molecule has 1 aliphatic carbocycles. The second kappa shape index (κ2) is 10.4. The molecule has 1 aromatic carbocycles. The van der Waals surface area contributed by atoms with E-state index < -0.39 is 0 Å². The minimum Gasteiger partial charge on any atom is -0.378 e. The van der Waals surface area contributed by atoms with Crippen LogP contribution in [0.3, 0.4) is 0 Å². The van der Waals surface area contributed by atoms with Crippen LogP contribution in [0.1, 0.15) is 12.8 Å². The normalized spacial score (nSPS) is 13.6. The molecule has 1 fully saturated rings. The molecule has 0 unspecified atom stereocenters. The first-order chi connectivity index (χ1) is 13.2. The first-order valence-corrected chi connectivity index (χ1v) is 9.50. The van der Waals surface area contributed by atoms with E-state index in [-0.39, 0.29) is 0 Å². The van der Waals surface area contributed by atoms with E-state index in [0.29, 0.717) is 68.3 Å². The summed E-state index contributed by atoms with van der Waals surface area (Å²) in [5.41, 5.74) is 6.24. The number of nitrogens with one attached hydrogen (secondary N) is 2. The van der Waals surface area contributed by atoms with Crippen LogP contribution < -0.4 is 16.4 Å². The van der Waals surface area contributed by atoms with Gasteiger partial charge in [0.1, 0.15) is 0 Å². The summed E-state index contributed by atoms with van der Waals surface area (Å²) in [6.45, 7) is 3.26. The Hall–Kier alpha value is -2.00. The monoisotopic (exact) mass is 392 g/mol. The molecule has 8 nitrogen and oxygen atoms in total. The summed E-state index contributed by atoms with van der Waals surface area (Å²) in [6.07, 6.45) is 2.29. The fourth-order valence-electron chi connectivity index (χ4n) is 2.30. The van der Waals surface area contributed by atoms with Crippen molar-refractivity contribution < 1.29 is 9.47 Å². The highest BCUT2D eigenvalue weighted by Crippen LogP contribution is 2.25. The molecule has 0 spiro atoms. The third-order valence-electron chi connectivity index (χ3n) is 3.81. The van der Waals surface area contributed by atoms with Crippen molar-refractivity contribution in [1.29, 1.82) is 0 Å². The first-order valence-electron chi connectivity index (χ1n) is 9.12. The third kappa shape index (κ3) is 6.91. The molecule has 1 saturated carbocycles. The van der Waals surface area contributed by atoms with Gasteiger partial charge in [0.15, 0.2) is 5.82 Å². The Bertz CT molecular complexity index is 711. The van der Waals surface area contributed by atoms with Crippen LogP contribution in [-0.2, 0) is 9.47 Å². The number of aromatic nitrogens is 3. The van der Waals surface area contributed by atoms with Crippen molar-refractivity contribution >= 4 is 23.5 Å². The maximum Gasteiger partial charge on any atom is 0.228 e. The Morgan fingerprint density at radius 1 is 0.963 bits per heavy atom. The molecule has 3 rings (SSSR count). The molecule has 1 heterocycles. The highest BCUT2D eigenvalue weighted by atomic mass is 35.5. The van der Waals surface area contributed by atoms with Crippen molar-refractivity contribution in [3.8, 4) is 11.4 Å². The predicted octanol–water partition coefficient (Wildman–Crippen LogP) is 2.17. The quantitative estimate of drug-likeness (QED) is 0.472. The van der Waals surface area contributed by atoms with Gasteiger partial charge in [-0.1, -0.05) is 11.6 Å². The average molecular weight is 393 g/mol. The number of halogens is 1. The van der Waals surface area contributed by atoms with Crippen LogP contribution in [0.25, 0.3) is 11.4 Å². The third-order valence-corrected chi connectivity index (χ3v) is 4.06. The zero-order valence-corrected chi connectivity index (χ0v) is 15.9. The number of benzene rings is 1. The van der Waals surface area contributed by atoms with E-state index in [0.717, 1.165) is 18.4 Å². The first kappa shape index (κ1) is 19.8. The Balaban J connectivity index is 1.56. The van der Waals surface area contributed by atoms with Gasteiger partial charge in [-0.15, -0.1) is 0 Å². The van der Waals surface area contributed by atoms with E-state index in [4.69, 9.17) is 26.8 Å². The van der Waals surface area contributed by atoms with Crippen LogP contribution in [0.15, 0.2) is 24.3 Å². The Morgan fingerprint density at radius 3 is 2.37 bits per heavy atom. The molecular formula is C18H25ClN6O2. The lowest BCUT2D eigenvalue weighted by molar-refractivity contribution is 0.0547. The second-order valence-electron chi connectivity index (χ2n) is 6.17. The van der Waals surface area contributed by atoms with Crippen molar-refractivity contribution in [2.45, 2.75) is 18.9 Å². The van der Waals surface area contributed by atoms with Gasteiger partial charge in [0, 0.05) is 29.7 Å². The summed E-state index contributed by atoms with van der Waals surface area (Å²) in [4.78, 5) is 13.5. The molecule has 1 aliphatic rings. The molecule has 146 valence electrons. The number of nitrogens with two attached hydrogens (primary N) is 1. The van der Waals surface area contributed by atoms with Gasteiger partial charge in [0.25, 0.3) is 0 Å². The number of rotatable bonds is 12. The molecule has 0 bridgehead atoms. The molecule has 0 radical (unpaired) electrons. The predicted molar refractivity (Wildman–Crippen MR) is 106 cm³/mol. The van der Waals surface area contributed by atoms with Crippen LogP contribution in [0, 0.1) is 0 Å². The molecule has 0 aliphatic heterocycles. The minimum atomic E-state index is 0.454. The molecule has 2 aromatic rings. The van der Waals surface area contributed by atoms with Crippen LogP contribution in [0.2, 0.25) is 5.02 Å².